The van der Waals surface area contributed by atoms with Crippen LogP contribution in [0.15, 0.2) is 83.9 Å². The van der Waals surface area contributed by atoms with Crippen LogP contribution in [0, 0.1) is 22.7 Å². The van der Waals surface area contributed by atoms with Crippen molar-refractivity contribution in [3.05, 3.63) is 101 Å². The molecule has 3 aromatic carbocycles. The van der Waals surface area contributed by atoms with Crippen molar-refractivity contribution in [3.63, 3.8) is 0 Å². The van der Waals surface area contributed by atoms with Crippen LogP contribution in [0.3, 0.4) is 0 Å². The maximum absolute atomic E-state index is 9.41. The van der Waals surface area contributed by atoms with Gasteiger partial charge in [0.25, 0.3) is 0 Å². The Hall–Kier alpha value is -3.69. The summed E-state index contributed by atoms with van der Waals surface area (Å²) in [5.41, 5.74) is 3.80. The Kier molecular flexibility index (Phi) is 4.47. The lowest BCUT2D eigenvalue weighted by molar-refractivity contribution is 1.39. The minimum Gasteiger partial charge on any atom is -0.246 e. The highest BCUT2D eigenvalue weighted by atomic mass is 14.8. The van der Waals surface area contributed by atoms with Gasteiger partial charge in [-0.2, -0.15) is 10.5 Å². The van der Waals surface area contributed by atoms with Crippen molar-refractivity contribution in [2.75, 3.05) is 0 Å². The SMILES string of the molecule is N#Cc1cccc(N=C(c2ccccc2)c2ccccc2)c1C#N. The van der Waals surface area contributed by atoms with Crippen molar-refractivity contribution in [1.82, 2.24) is 0 Å². The number of benzene rings is 3. The second-order valence-electron chi connectivity index (χ2n) is 5.12. The second kappa shape index (κ2) is 7.05. The summed E-state index contributed by atoms with van der Waals surface area (Å²) in [6, 6.07) is 28.9. The van der Waals surface area contributed by atoms with Crippen LogP contribution in [0.4, 0.5) is 5.69 Å². The molecular weight excluding hydrogens is 294 g/mol. The third-order valence-electron chi connectivity index (χ3n) is 3.60. The smallest absolute Gasteiger partial charge is 0.103 e. The van der Waals surface area contributed by atoms with Gasteiger partial charge in [0.1, 0.15) is 12.1 Å². The van der Waals surface area contributed by atoms with E-state index in [1.165, 1.54) is 0 Å². The van der Waals surface area contributed by atoms with E-state index in [0.29, 0.717) is 16.8 Å². The van der Waals surface area contributed by atoms with Gasteiger partial charge in [-0.15, -0.1) is 0 Å². The Balaban J connectivity index is 2.23. The highest BCUT2D eigenvalue weighted by Gasteiger charge is 2.11. The maximum atomic E-state index is 9.41. The van der Waals surface area contributed by atoms with E-state index < -0.39 is 0 Å². The summed E-state index contributed by atoms with van der Waals surface area (Å²) in [4.78, 5) is 4.72. The first-order valence-electron chi connectivity index (χ1n) is 7.46. The van der Waals surface area contributed by atoms with Gasteiger partial charge in [0.05, 0.1) is 22.5 Å². The Morgan fingerprint density at radius 1 is 0.667 bits per heavy atom. The predicted molar refractivity (Wildman–Crippen MR) is 94.1 cm³/mol. The summed E-state index contributed by atoms with van der Waals surface area (Å²) in [5, 5.41) is 18.6. The maximum Gasteiger partial charge on any atom is 0.103 e. The quantitative estimate of drug-likeness (QED) is 0.664. The molecule has 0 amide bonds. The van der Waals surface area contributed by atoms with E-state index >= 15 is 0 Å². The number of nitriles is 2. The zero-order valence-corrected chi connectivity index (χ0v) is 12.8. The molecule has 3 nitrogen and oxygen atoms in total. The lowest BCUT2D eigenvalue weighted by Gasteiger charge is -2.09. The first kappa shape index (κ1) is 15.2. The van der Waals surface area contributed by atoms with E-state index in [1.54, 1.807) is 18.2 Å². The van der Waals surface area contributed by atoms with Gasteiger partial charge in [0.2, 0.25) is 0 Å². The predicted octanol–water partition coefficient (Wildman–Crippen LogP) is 4.60. The molecular formula is C21H13N3. The zero-order valence-electron chi connectivity index (χ0n) is 12.8. The van der Waals surface area contributed by atoms with Gasteiger partial charge in [0.15, 0.2) is 0 Å². The summed E-state index contributed by atoms with van der Waals surface area (Å²) in [7, 11) is 0. The number of aliphatic imine (C=N–C) groups is 1. The lowest BCUT2D eigenvalue weighted by Crippen LogP contribution is -2.03. The molecule has 0 aliphatic rings. The van der Waals surface area contributed by atoms with Gasteiger partial charge in [0, 0.05) is 11.1 Å². The first-order valence-corrected chi connectivity index (χ1v) is 7.46. The van der Waals surface area contributed by atoms with Crippen molar-refractivity contribution < 1.29 is 0 Å². The molecule has 0 unspecified atom stereocenters. The standard InChI is InChI=1S/C21H13N3/c22-14-18-12-7-13-20(19(18)15-23)24-21(16-8-3-1-4-9-16)17-10-5-2-6-11-17/h1-13H. The normalized spacial score (nSPS) is 9.58. The van der Waals surface area contributed by atoms with E-state index in [2.05, 4.69) is 6.07 Å². The number of hydrogen-bond acceptors (Lipinski definition) is 3. The van der Waals surface area contributed by atoms with Crippen LogP contribution in [0.5, 0.6) is 0 Å². The molecule has 0 heterocycles. The average Bonchev–Trinajstić information content (AvgIpc) is 2.67. The first-order chi connectivity index (χ1) is 11.8. The Morgan fingerprint density at radius 2 is 1.25 bits per heavy atom. The number of rotatable bonds is 3. The summed E-state index contributed by atoms with van der Waals surface area (Å²) in [6.07, 6.45) is 0. The highest BCUT2D eigenvalue weighted by molar-refractivity contribution is 6.14. The molecule has 0 radical (unpaired) electrons. The number of hydrogen-bond donors (Lipinski definition) is 0. The Labute approximate surface area is 140 Å². The summed E-state index contributed by atoms with van der Waals surface area (Å²) in [6.45, 7) is 0. The number of nitrogens with zero attached hydrogens (tertiary/aromatic N) is 3. The van der Waals surface area contributed by atoms with Crippen molar-refractivity contribution >= 4 is 11.4 Å². The molecule has 0 aromatic heterocycles. The minimum atomic E-state index is 0.296. The Morgan fingerprint density at radius 3 is 1.75 bits per heavy atom. The van der Waals surface area contributed by atoms with E-state index in [-0.39, 0.29) is 0 Å². The highest BCUT2D eigenvalue weighted by Crippen LogP contribution is 2.24. The lowest BCUT2D eigenvalue weighted by atomic mass is 10.0. The molecule has 3 rings (SSSR count). The molecule has 0 saturated heterocycles. The second-order valence-corrected chi connectivity index (χ2v) is 5.12. The van der Waals surface area contributed by atoms with Gasteiger partial charge >= 0.3 is 0 Å². The summed E-state index contributed by atoms with van der Waals surface area (Å²) < 4.78 is 0. The van der Waals surface area contributed by atoms with Gasteiger partial charge in [-0.1, -0.05) is 66.7 Å². The van der Waals surface area contributed by atoms with E-state index in [9.17, 15) is 10.5 Å². The molecule has 0 aliphatic carbocycles. The zero-order chi connectivity index (χ0) is 16.8. The van der Waals surface area contributed by atoms with Gasteiger partial charge in [-0.05, 0) is 12.1 Å². The van der Waals surface area contributed by atoms with Crippen molar-refractivity contribution in [2.24, 2.45) is 4.99 Å². The van der Waals surface area contributed by atoms with E-state index in [0.717, 1.165) is 16.8 Å². The molecule has 0 fully saturated rings. The third kappa shape index (κ3) is 3.06. The van der Waals surface area contributed by atoms with Crippen LogP contribution in [-0.2, 0) is 0 Å². The fraction of sp³-hybridized carbons (Fsp3) is 0. The van der Waals surface area contributed by atoms with Crippen LogP contribution in [0.1, 0.15) is 22.3 Å². The molecule has 24 heavy (non-hydrogen) atoms. The molecule has 0 atom stereocenters. The molecule has 112 valence electrons. The summed E-state index contributed by atoms with van der Waals surface area (Å²) in [5.74, 6) is 0. The van der Waals surface area contributed by atoms with Crippen molar-refractivity contribution in [2.45, 2.75) is 0 Å². The summed E-state index contributed by atoms with van der Waals surface area (Å²) >= 11 is 0. The van der Waals surface area contributed by atoms with E-state index in [4.69, 9.17) is 4.99 Å². The van der Waals surface area contributed by atoms with Gasteiger partial charge in [-0.3, -0.25) is 0 Å². The largest absolute Gasteiger partial charge is 0.246 e. The molecule has 0 saturated carbocycles. The van der Waals surface area contributed by atoms with Crippen molar-refractivity contribution in [3.8, 4) is 12.1 Å². The molecule has 0 bridgehead atoms. The molecule has 0 N–H and O–H groups in total. The van der Waals surface area contributed by atoms with Gasteiger partial charge in [-0.25, -0.2) is 4.99 Å². The van der Waals surface area contributed by atoms with Gasteiger partial charge < -0.3 is 0 Å². The third-order valence-corrected chi connectivity index (χ3v) is 3.60. The average molecular weight is 307 g/mol. The van der Waals surface area contributed by atoms with Crippen LogP contribution >= 0.6 is 0 Å². The molecule has 0 spiro atoms. The fourth-order valence-electron chi connectivity index (χ4n) is 2.45. The molecule has 0 aliphatic heterocycles. The molecule has 3 aromatic rings. The minimum absolute atomic E-state index is 0.296. The monoisotopic (exact) mass is 307 g/mol. The topological polar surface area (TPSA) is 59.9 Å². The Bertz CT molecular complexity index is 918. The van der Waals surface area contributed by atoms with Crippen LogP contribution in [-0.4, -0.2) is 5.71 Å². The van der Waals surface area contributed by atoms with Crippen LogP contribution < -0.4 is 0 Å². The van der Waals surface area contributed by atoms with E-state index in [1.807, 2.05) is 66.7 Å². The fourth-order valence-corrected chi connectivity index (χ4v) is 2.45. The van der Waals surface area contributed by atoms with Crippen molar-refractivity contribution in [1.29, 1.82) is 10.5 Å². The molecule has 3 heteroatoms. The van der Waals surface area contributed by atoms with Crippen LogP contribution in [0.2, 0.25) is 0 Å². The van der Waals surface area contributed by atoms with Crippen LogP contribution in [0.25, 0.3) is 0 Å².